The largest absolute Gasteiger partial charge is 0.647 e. The summed E-state index contributed by atoms with van der Waals surface area (Å²) < 4.78 is 71.6. The van der Waals surface area contributed by atoms with E-state index < -0.39 is 62.3 Å². The summed E-state index contributed by atoms with van der Waals surface area (Å²) in [6, 6.07) is 9.67. The van der Waals surface area contributed by atoms with Crippen molar-refractivity contribution in [1.82, 2.24) is 0 Å². The first-order valence-corrected chi connectivity index (χ1v) is 10.6. The van der Waals surface area contributed by atoms with Crippen LogP contribution in [-0.4, -0.2) is 15.3 Å². The Balaban J connectivity index is 1.99. The average Bonchev–Trinajstić information content (AvgIpc) is 2.78. The van der Waals surface area contributed by atoms with E-state index in [-0.39, 0.29) is 16.7 Å². The fourth-order valence-electron chi connectivity index (χ4n) is 2.57. The summed E-state index contributed by atoms with van der Waals surface area (Å²) in [6.45, 7) is -1.40. The molecule has 0 saturated carbocycles. The van der Waals surface area contributed by atoms with Gasteiger partial charge in [-0.1, -0.05) is 18.2 Å². The van der Waals surface area contributed by atoms with Crippen molar-refractivity contribution in [2.24, 2.45) is 0 Å². The van der Waals surface area contributed by atoms with Gasteiger partial charge < -0.3 is 28.9 Å². The first-order chi connectivity index (χ1) is 15.3. The highest BCUT2D eigenvalue weighted by molar-refractivity contribution is 7.49. The van der Waals surface area contributed by atoms with Crippen LogP contribution in [0.25, 0.3) is 0 Å². The predicted octanol–water partition coefficient (Wildman–Crippen LogP) is 4.23. The summed E-state index contributed by atoms with van der Waals surface area (Å²) in [7, 11) is -4.94. The van der Waals surface area contributed by atoms with Crippen molar-refractivity contribution in [2.75, 3.05) is 0 Å². The SMILES string of the molecule is O=P(Oc1ccc(CO)cc1F)(Oc1ccc(CO)cc1F)Oc1ccc(CO)cc1F. The maximum atomic E-state index is 14.3. The van der Waals surface area contributed by atoms with Crippen LogP contribution in [-0.2, 0) is 24.4 Å². The van der Waals surface area contributed by atoms with Gasteiger partial charge in [0.05, 0.1) is 19.8 Å². The zero-order chi connectivity index (χ0) is 23.3. The summed E-state index contributed by atoms with van der Waals surface area (Å²) in [4.78, 5) is 0. The smallest absolute Gasteiger partial charge is 0.392 e. The normalized spacial score (nSPS) is 11.3. The number of phosphoric ester groups is 1. The molecule has 0 aliphatic rings. The van der Waals surface area contributed by atoms with Gasteiger partial charge in [-0.2, -0.15) is 4.57 Å². The van der Waals surface area contributed by atoms with Gasteiger partial charge in [0.1, 0.15) is 0 Å². The third-order valence-corrected chi connectivity index (χ3v) is 5.43. The van der Waals surface area contributed by atoms with Gasteiger partial charge in [0.25, 0.3) is 0 Å². The van der Waals surface area contributed by atoms with Crippen LogP contribution < -0.4 is 13.6 Å². The molecule has 0 unspecified atom stereocenters. The molecule has 0 aromatic heterocycles. The van der Waals surface area contributed by atoms with Gasteiger partial charge in [-0.05, 0) is 53.1 Å². The lowest BCUT2D eigenvalue weighted by atomic mass is 10.2. The Morgan fingerprint density at radius 2 is 0.875 bits per heavy atom. The molecule has 3 aromatic rings. The highest BCUT2D eigenvalue weighted by Gasteiger charge is 2.36. The zero-order valence-corrected chi connectivity index (χ0v) is 17.3. The molecule has 32 heavy (non-hydrogen) atoms. The van der Waals surface area contributed by atoms with Gasteiger partial charge in [-0.25, -0.2) is 13.2 Å². The number of hydrogen-bond donors (Lipinski definition) is 3. The monoisotopic (exact) mass is 470 g/mol. The van der Waals surface area contributed by atoms with Gasteiger partial charge >= 0.3 is 7.82 Å². The first kappa shape index (κ1) is 23.6. The Labute approximate surface area is 180 Å². The highest BCUT2D eigenvalue weighted by atomic mass is 31.2. The summed E-state index contributed by atoms with van der Waals surface area (Å²) >= 11 is 0. The molecule has 0 spiro atoms. The van der Waals surface area contributed by atoms with Crippen LogP contribution in [0.4, 0.5) is 13.2 Å². The van der Waals surface area contributed by atoms with Crippen molar-refractivity contribution in [2.45, 2.75) is 19.8 Å². The van der Waals surface area contributed by atoms with Crippen LogP contribution >= 0.6 is 7.82 Å². The third-order valence-electron chi connectivity index (χ3n) is 4.17. The highest BCUT2D eigenvalue weighted by Crippen LogP contribution is 2.51. The Morgan fingerprint density at radius 3 is 1.09 bits per heavy atom. The molecule has 0 amide bonds. The van der Waals surface area contributed by atoms with Crippen LogP contribution in [0.1, 0.15) is 16.7 Å². The molecule has 0 radical (unpaired) electrons. The first-order valence-electron chi connectivity index (χ1n) is 9.13. The lowest BCUT2D eigenvalue weighted by Gasteiger charge is -2.20. The topological polar surface area (TPSA) is 105 Å². The number of halogens is 3. The Hall–Kier alpha value is -3.04. The van der Waals surface area contributed by atoms with E-state index >= 15 is 0 Å². The van der Waals surface area contributed by atoms with Crippen molar-refractivity contribution in [3.63, 3.8) is 0 Å². The maximum Gasteiger partial charge on any atom is 0.647 e. The fourth-order valence-corrected chi connectivity index (χ4v) is 3.85. The van der Waals surface area contributed by atoms with Crippen LogP contribution in [0.15, 0.2) is 54.6 Å². The lowest BCUT2D eigenvalue weighted by Crippen LogP contribution is -2.10. The number of aliphatic hydroxyl groups is 3. The van der Waals surface area contributed by atoms with Crippen molar-refractivity contribution in [3.8, 4) is 17.2 Å². The van der Waals surface area contributed by atoms with Crippen molar-refractivity contribution < 1.29 is 46.6 Å². The van der Waals surface area contributed by atoms with E-state index in [9.17, 15) is 17.7 Å². The second kappa shape index (κ2) is 10.1. The molecule has 0 heterocycles. The van der Waals surface area contributed by atoms with E-state index in [4.69, 9.17) is 28.9 Å². The minimum atomic E-state index is -4.94. The minimum absolute atomic E-state index is 0.197. The van der Waals surface area contributed by atoms with E-state index in [1.807, 2.05) is 0 Å². The zero-order valence-electron chi connectivity index (χ0n) is 16.4. The number of aliphatic hydroxyl groups excluding tert-OH is 3. The number of rotatable bonds is 9. The molecular formula is C21H18F3O7P. The second-order valence-corrected chi connectivity index (χ2v) is 7.93. The van der Waals surface area contributed by atoms with Crippen LogP contribution in [0, 0.1) is 17.5 Å². The number of benzene rings is 3. The summed E-state index contributed by atoms with van der Waals surface area (Å²) in [5.41, 5.74) is 0.591. The molecule has 0 aliphatic carbocycles. The van der Waals surface area contributed by atoms with Gasteiger partial charge in [0.15, 0.2) is 34.7 Å². The standard InChI is InChI=1S/C21H18F3O7P/c22-16-7-13(10-25)1-4-19(16)29-32(28,30-20-5-2-14(11-26)8-17(20)23)31-21-6-3-15(12-27)9-18(21)24/h1-9,25-27H,10-12H2. The number of hydrogen-bond acceptors (Lipinski definition) is 7. The summed E-state index contributed by atoms with van der Waals surface area (Å²) in [6.07, 6.45) is 0. The van der Waals surface area contributed by atoms with Crippen LogP contribution in [0.3, 0.4) is 0 Å². The van der Waals surface area contributed by atoms with E-state index in [2.05, 4.69) is 0 Å². The second-order valence-electron chi connectivity index (χ2n) is 6.49. The molecule has 3 aromatic carbocycles. The molecule has 3 N–H and O–H groups in total. The molecular weight excluding hydrogens is 452 g/mol. The van der Waals surface area contributed by atoms with Crippen molar-refractivity contribution in [3.05, 3.63) is 88.7 Å². The van der Waals surface area contributed by atoms with E-state index in [0.29, 0.717) is 0 Å². The van der Waals surface area contributed by atoms with Crippen LogP contribution in [0.2, 0.25) is 0 Å². The van der Waals surface area contributed by atoms with Gasteiger partial charge in [-0.15, -0.1) is 0 Å². The Bertz CT molecular complexity index is 1010. The molecule has 0 fully saturated rings. The quantitative estimate of drug-likeness (QED) is 0.402. The predicted molar refractivity (Wildman–Crippen MR) is 106 cm³/mol. The third kappa shape index (κ3) is 5.60. The van der Waals surface area contributed by atoms with Gasteiger partial charge in [0, 0.05) is 0 Å². The van der Waals surface area contributed by atoms with E-state index in [0.717, 1.165) is 36.4 Å². The van der Waals surface area contributed by atoms with Crippen LogP contribution in [0.5, 0.6) is 17.2 Å². The Kier molecular flexibility index (Phi) is 7.42. The molecule has 0 atom stereocenters. The average molecular weight is 470 g/mol. The molecule has 0 aliphatic heterocycles. The van der Waals surface area contributed by atoms with Gasteiger partial charge in [0.2, 0.25) is 0 Å². The van der Waals surface area contributed by atoms with Gasteiger partial charge in [-0.3, -0.25) is 0 Å². The summed E-state index contributed by atoms with van der Waals surface area (Å²) in [5, 5.41) is 27.3. The molecule has 7 nitrogen and oxygen atoms in total. The summed E-state index contributed by atoms with van der Waals surface area (Å²) in [5.74, 6) is -4.95. The van der Waals surface area contributed by atoms with Crippen molar-refractivity contribution >= 4 is 7.82 Å². The molecule has 0 bridgehead atoms. The molecule has 0 saturated heterocycles. The maximum absolute atomic E-state index is 14.3. The van der Waals surface area contributed by atoms with E-state index in [1.54, 1.807) is 0 Å². The molecule has 3 rings (SSSR count). The number of phosphoric acid groups is 1. The fraction of sp³-hybridized carbons (Fsp3) is 0.143. The van der Waals surface area contributed by atoms with Crippen molar-refractivity contribution in [1.29, 1.82) is 0 Å². The molecule has 170 valence electrons. The minimum Gasteiger partial charge on any atom is -0.392 e. The Morgan fingerprint density at radius 1 is 0.594 bits per heavy atom. The van der Waals surface area contributed by atoms with E-state index in [1.165, 1.54) is 18.2 Å². The lowest BCUT2D eigenvalue weighted by molar-refractivity contribution is 0.275. The molecule has 11 heteroatoms.